The van der Waals surface area contributed by atoms with Crippen molar-refractivity contribution in [2.24, 2.45) is 0 Å². The third kappa shape index (κ3) is 4.49. The van der Waals surface area contributed by atoms with Gasteiger partial charge in [0.2, 0.25) is 10.0 Å². The summed E-state index contributed by atoms with van der Waals surface area (Å²) in [5.41, 5.74) is 2.54. The van der Waals surface area contributed by atoms with E-state index in [0.717, 1.165) is 22.4 Å². The summed E-state index contributed by atoms with van der Waals surface area (Å²) in [4.78, 5) is 0.345. The molecule has 2 rings (SSSR count). The number of ether oxygens (including phenoxy) is 2. The molecule has 0 amide bonds. The molecule has 24 heavy (non-hydrogen) atoms. The molecule has 0 atom stereocenters. The SMILES string of the molecule is COc1ccc(OCCNS(=O)(=O)c2c(C)cc(C)cc2C)cc1. The summed E-state index contributed by atoms with van der Waals surface area (Å²) >= 11 is 0. The van der Waals surface area contributed by atoms with Crippen LogP contribution in [-0.4, -0.2) is 28.7 Å². The molecule has 2 aromatic carbocycles. The van der Waals surface area contributed by atoms with E-state index in [1.807, 2.05) is 32.9 Å². The van der Waals surface area contributed by atoms with Crippen LogP contribution in [0, 0.1) is 20.8 Å². The highest BCUT2D eigenvalue weighted by atomic mass is 32.2. The molecular formula is C18H23NO4S. The maximum absolute atomic E-state index is 12.5. The fourth-order valence-corrected chi connectivity index (χ4v) is 4.14. The Balaban J connectivity index is 1.96. The molecule has 2 aromatic rings. The predicted octanol–water partition coefficient (Wildman–Crippen LogP) is 2.98. The summed E-state index contributed by atoms with van der Waals surface area (Å²) < 4.78 is 38.2. The second-order valence-corrected chi connectivity index (χ2v) is 7.35. The minimum absolute atomic E-state index is 0.196. The molecule has 0 aliphatic carbocycles. The van der Waals surface area contributed by atoms with Crippen molar-refractivity contribution < 1.29 is 17.9 Å². The lowest BCUT2D eigenvalue weighted by molar-refractivity contribution is 0.322. The van der Waals surface area contributed by atoms with Gasteiger partial charge in [0.05, 0.1) is 12.0 Å². The lowest BCUT2D eigenvalue weighted by Crippen LogP contribution is -2.29. The number of benzene rings is 2. The number of hydrogen-bond acceptors (Lipinski definition) is 4. The van der Waals surface area contributed by atoms with Crippen LogP contribution in [0.15, 0.2) is 41.3 Å². The molecule has 6 heteroatoms. The highest BCUT2D eigenvalue weighted by Gasteiger charge is 2.19. The molecule has 0 bridgehead atoms. The van der Waals surface area contributed by atoms with Crippen LogP contribution in [0.5, 0.6) is 11.5 Å². The molecule has 0 aliphatic heterocycles. The third-order valence-electron chi connectivity index (χ3n) is 3.60. The second-order valence-electron chi connectivity index (χ2n) is 5.65. The highest BCUT2D eigenvalue weighted by Crippen LogP contribution is 2.21. The average molecular weight is 349 g/mol. The first-order valence-corrected chi connectivity index (χ1v) is 9.16. The van der Waals surface area contributed by atoms with Gasteiger partial charge in [0.25, 0.3) is 0 Å². The molecule has 0 aromatic heterocycles. The fraction of sp³-hybridized carbons (Fsp3) is 0.333. The zero-order chi connectivity index (χ0) is 17.7. The van der Waals surface area contributed by atoms with E-state index in [-0.39, 0.29) is 13.2 Å². The topological polar surface area (TPSA) is 64.6 Å². The molecule has 0 heterocycles. The van der Waals surface area contributed by atoms with Gasteiger partial charge in [-0.25, -0.2) is 13.1 Å². The number of rotatable bonds is 7. The zero-order valence-corrected chi connectivity index (χ0v) is 15.2. The summed E-state index contributed by atoms with van der Waals surface area (Å²) in [7, 11) is -1.96. The molecule has 5 nitrogen and oxygen atoms in total. The summed E-state index contributed by atoms with van der Waals surface area (Å²) in [6, 6.07) is 10.9. The van der Waals surface area contributed by atoms with Crippen molar-refractivity contribution in [2.75, 3.05) is 20.3 Å². The Labute approximate surface area is 143 Å². The minimum atomic E-state index is -3.55. The van der Waals surface area contributed by atoms with E-state index >= 15 is 0 Å². The van der Waals surface area contributed by atoms with Gasteiger partial charge >= 0.3 is 0 Å². The smallest absolute Gasteiger partial charge is 0.241 e. The first kappa shape index (κ1) is 18.3. The Morgan fingerprint density at radius 3 is 2.04 bits per heavy atom. The van der Waals surface area contributed by atoms with E-state index in [2.05, 4.69) is 4.72 Å². The van der Waals surface area contributed by atoms with Crippen molar-refractivity contribution in [1.29, 1.82) is 0 Å². The van der Waals surface area contributed by atoms with E-state index in [0.29, 0.717) is 10.6 Å². The van der Waals surface area contributed by atoms with Crippen LogP contribution < -0.4 is 14.2 Å². The number of aryl methyl sites for hydroxylation is 3. The van der Waals surface area contributed by atoms with Crippen molar-refractivity contribution in [3.05, 3.63) is 53.1 Å². The molecule has 0 unspecified atom stereocenters. The molecule has 0 spiro atoms. The molecular weight excluding hydrogens is 326 g/mol. The van der Waals surface area contributed by atoms with Crippen LogP contribution >= 0.6 is 0 Å². The number of hydrogen-bond donors (Lipinski definition) is 1. The van der Waals surface area contributed by atoms with Gasteiger partial charge in [0.1, 0.15) is 18.1 Å². The van der Waals surface area contributed by atoms with Crippen LogP contribution in [-0.2, 0) is 10.0 Å². The van der Waals surface area contributed by atoms with Crippen molar-refractivity contribution in [3.8, 4) is 11.5 Å². The van der Waals surface area contributed by atoms with Crippen molar-refractivity contribution >= 4 is 10.0 Å². The standard InChI is InChI=1S/C18H23NO4S/c1-13-11-14(2)18(15(3)12-13)24(20,21)19-9-10-23-17-7-5-16(22-4)6-8-17/h5-8,11-12,19H,9-10H2,1-4H3. The first-order valence-electron chi connectivity index (χ1n) is 7.68. The Hall–Kier alpha value is -2.05. The largest absolute Gasteiger partial charge is 0.497 e. The van der Waals surface area contributed by atoms with Crippen molar-refractivity contribution in [3.63, 3.8) is 0 Å². The average Bonchev–Trinajstić information content (AvgIpc) is 2.51. The van der Waals surface area contributed by atoms with Crippen LogP contribution in [0.3, 0.4) is 0 Å². The molecule has 0 radical (unpaired) electrons. The quantitative estimate of drug-likeness (QED) is 0.781. The normalized spacial score (nSPS) is 11.3. The van der Waals surface area contributed by atoms with Gasteiger partial charge in [0, 0.05) is 6.54 Å². The van der Waals surface area contributed by atoms with Gasteiger partial charge in [-0.3, -0.25) is 0 Å². The summed E-state index contributed by atoms with van der Waals surface area (Å²) in [6.07, 6.45) is 0. The lowest BCUT2D eigenvalue weighted by atomic mass is 10.1. The van der Waals surface area contributed by atoms with Crippen LogP contribution in [0.25, 0.3) is 0 Å². The van der Waals surface area contributed by atoms with E-state index in [9.17, 15) is 8.42 Å². The molecule has 0 fully saturated rings. The van der Waals surface area contributed by atoms with Gasteiger partial charge in [-0.15, -0.1) is 0 Å². The second kappa shape index (κ2) is 7.68. The monoisotopic (exact) mass is 349 g/mol. The maximum Gasteiger partial charge on any atom is 0.241 e. The van der Waals surface area contributed by atoms with Crippen LogP contribution in [0.1, 0.15) is 16.7 Å². The molecule has 1 N–H and O–H groups in total. The molecule has 0 saturated carbocycles. The van der Waals surface area contributed by atoms with E-state index < -0.39 is 10.0 Å². The maximum atomic E-state index is 12.5. The molecule has 130 valence electrons. The van der Waals surface area contributed by atoms with E-state index in [4.69, 9.17) is 9.47 Å². The van der Waals surface area contributed by atoms with Crippen molar-refractivity contribution in [2.45, 2.75) is 25.7 Å². The fourth-order valence-electron chi connectivity index (χ4n) is 2.68. The lowest BCUT2D eigenvalue weighted by Gasteiger charge is -2.13. The Morgan fingerprint density at radius 1 is 0.958 bits per heavy atom. The number of nitrogens with one attached hydrogen (secondary N) is 1. The van der Waals surface area contributed by atoms with Gasteiger partial charge in [-0.05, 0) is 56.2 Å². The zero-order valence-electron chi connectivity index (χ0n) is 14.4. The number of methoxy groups -OCH3 is 1. The van der Waals surface area contributed by atoms with Crippen LogP contribution in [0.4, 0.5) is 0 Å². The molecule has 0 saturated heterocycles. The van der Waals surface area contributed by atoms with Gasteiger partial charge in [-0.1, -0.05) is 17.7 Å². The highest BCUT2D eigenvalue weighted by molar-refractivity contribution is 7.89. The first-order chi connectivity index (χ1) is 11.3. The summed E-state index contributed by atoms with van der Waals surface area (Å²) in [6.45, 7) is 6.01. The summed E-state index contributed by atoms with van der Waals surface area (Å²) in [5.74, 6) is 1.41. The Morgan fingerprint density at radius 2 is 1.50 bits per heavy atom. The van der Waals surface area contributed by atoms with Crippen LogP contribution in [0.2, 0.25) is 0 Å². The van der Waals surface area contributed by atoms with Gasteiger partial charge in [0.15, 0.2) is 0 Å². The number of sulfonamides is 1. The molecule has 0 aliphatic rings. The van der Waals surface area contributed by atoms with Gasteiger partial charge < -0.3 is 9.47 Å². The predicted molar refractivity (Wildman–Crippen MR) is 94.3 cm³/mol. The summed E-state index contributed by atoms with van der Waals surface area (Å²) in [5, 5.41) is 0. The van der Waals surface area contributed by atoms with Gasteiger partial charge in [-0.2, -0.15) is 0 Å². The van der Waals surface area contributed by atoms with E-state index in [1.165, 1.54) is 0 Å². The minimum Gasteiger partial charge on any atom is -0.497 e. The Kier molecular flexibility index (Phi) is 5.85. The van der Waals surface area contributed by atoms with Crippen molar-refractivity contribution in [1.82, 2.24) is 4.72 Å². The Bertz CT molecular complexity index is 775. The third-order valence-corrected chi connectivity index (χ3v) is 5.36. The van der Waals surface area contributed by atoms with E-state index in [1.54, 1.807) is 31.4 Å².